The third kappa shape index (κ3) is 4.65. The van der Waals surface area contributed by atoms with E-state index in [-0.39, 0.29) is 30.4 Å². The highest BCUT2D eigenvalue weighted by Gasteiger charge is 2.27. The van der Waals surface area contributed by atoms with Gasteiger partial charge < -0.3 is 10.6 Å². The number of rotatable bonds is 1. The van der Waals surface area contributed by atoms with Gasteiger partial charge in [-0.15, -0.1) is 24.8 Å². The molecule has 0 amide bonds. The van der Waals surface area contributed by atoms with Crippen molar-refractivity contribution in [2.24, 2.45) is 0 Å². The molecule has 0 radical (unpaired) electrons. The predicted molar refractivity (Wildman–Crippen MR) is 78.8 cm³/mol. The standard InChI is InChI=1S/C12H17ClN2.2ClH/c1-12(2)8-14-7-11(15-12)9-3-5-10(13)6-4-9;;/h3-6,11,14-15H,7-8H2,1-2H3;2*1H. The summed E-state index contributed by atoms with van der Waals surface area (Å²) < 4.78 is 0. The van der Waals surface area contributed by atoms with E-state index in [1.54, 1.807) is 0 Å². The monoisotopic (exact) mass is 296 g/mol. The van der Waals surface area contributed by atoms with Gasteiger partial charge in [-0.05, 0) is 31.5 Å². The summed E-state index contributed by atoms with van der Waals surface area (Å²) in [6.07, 6.45) is 0. The number of benzene rings is 1. The van der Waals surface area contributed by atoms with Gasteiger partial charge in [0.05, 0.1) is 0 Å². The van der Waals surface area contributed by atoms with Crippen LogP contribution in [0.2, 0.25) is 5.02 Å². The van der Waals surface area contributed by atoms with Crippen molar-refractivity contribution in [2.75, 3.05) is 13.1 Å². The van der Waals surface area contributed by atoms with Gasteiger partial charge in [0.15, 0.2) is 0 Å². The van der Waals surface area contributed by atoms with Gasteiger partial charge in [0.2, 0.25) is 0 Å². The lowest BCUT2D eigenvalue weighted by molar-refractivity contribution is 0.264. The van der Waals surface area contributed by atoms with Crippen molar-refractivity contribution in [1.82, 2.24) is 10.6 Å². The zero-order valence-electron chi connectivity index (χ0n) is 10.00. The summed E-state index contributed by atoms with van der Waals surface area (Å²) in [7, 11) is 0. The maximum absolute atomic E-state index is 5.87. The van der Waals surface area contributed by atoms with Crippen LogP contribution < -0.4 is 10.6 Å². The Labute approximate surface area is 120 Å². The van der Waals surface area contributed by atoms with E-state index >= 15 is 0 Å². The van der Waals surface area contributed by atoms with Gasteiger partial charge in [0.25, 0.3) is 0 Å². The minimum absolute atomic E-state index is 0. The Kier molecular flexibility index (Phi) is 6.82. The minimum atomic E-state index is 0. The van der Waals surface area contributed by atoms with Crippen LogP contribution in [0, 0.1) is 0 Å². The Bertz CT molecular complexity index is 338. The highest BCUT2D eigenvalue weighted by molar-refractivity contribution is 6.30. The smallest absolute Gasteiger partial charge is 0.0451 e. The molecular weight excluding hydrogens is 279 g/mol. The molecular formula is C12H19Cl3N2. The third-order valence-corrected chi connectivity index (χ3v) is 3.00. The third-order valence-electron chi connectivity index (χ3n) is 2.75. The molecule has 17 heavy (non-hydrogen) atoms. The lowest BCUT2D eigenvalue weighted by Crippen LogP contribution is -2.56. The van der Waals surface area contributed by atoms with Crippen molar-refractivity contribution in [2.45, 2.75) is 25.4 Å². The number of hydrogen-bond acceptors (Lipinski definition) is 2. The van der Waals surface area contributed by atoms with Gasteiger partial charge in [-0.25, -0.2) is 0 Å². The van der Waals surface area contributed by atoms with E-state index in [1.165, 1.54) is 5.56 Å². The lowest BCUT2D eigenvalue weighted by Gasteiger charge is -2.38. The van der Waals surface area contributed by atoms with Crippen LogP contribution in [-0.2, 0) is 0 Å². The Morgan fingerprint density at radius 3 is 2.29 bits per heavy atom. The molecule has 2 nitrogen and oxygen atoms in total. The minimum Gasteiger partial charge on any atom is -0.313 e. The van der Waals surface area contributed by atoms with Crippen molar-refractivity contribution in [3.05, 3.63) is 34.9 Å². The first-order chi connectivity index (χ1) is 7.07. The second-order valence-corrected chi connectivity index (χ2v) is 5.20. The fourth-order valence-electron chi connectivity index (χ4n) is 2.00. The molecule has 0 saturated carbocycles. The van der Waals surface area contributed by atoms with Gasteiger partial charge in [-0.3, -0.25) is 0 Å². The summed E-state index contributed by atoms with van der Waals surface area (Å²) in [5.41, 5.74) is 1.45. The summed E-state index contributed by atoms with van der Waals surface area (Å²) in [5.74, 6) is 0. The van der Waals surface area contributed by atoms with Crippen molar-refractivity contribution >= 4 is 36.4 Å². The Hall–Kier alpha value is 0.01000. The van der Waals surface area contributed by atoms with E-state index in [9.17, 15) is 0 Å². The number of halogens is 3. The number of piperazine rings is 1. The first kappa shape index (κ1) is 17.0. The SMILES string of the molecule is CC1(C)CNCC(c2ccc(Cl)cc2)N1.Cl.Cl. The zero-order chi connectivity index (χ0) is 10.9. The topological polar surface area (TPSA) is 24.1 Å². The first-order valence-electron chi connectivity index (χ1n) is 5.31. The molecule has 2 rings (SSSR count). The normalized spacial score (nSPS) is 22.2. The van der Waals surface area contributed by atoms with Crippen LogP contribution in [0.3, 0.4) is 0 Å². The second-order valence-electron chi connectivity index (χ2n) is 4.76. The first-order valence-corrected chi connectivity index (χ1v) is 5.68. The Morgan fingerprint density at radius 2 is 1.76 bits per heavy atom. The van der Waals surface area contributed by atoms with E-state index in [0.717, 1.165) is 18.1 Å². The van der Waals surface area contributed by atoms with E-state index < -0.39 is 0 Å². The molecule has 98 valence electrons. The van der Waals surface area contributed by atoms with Crippen molar-refractivity contribution in [1.29, 1.82) is 0 Å². The van der Waals surface area contributed by atoms with Crippen molar-refractivity contribution in [3.63, 3.8) is 0 Å². The molecule has 1 fully saturated rings. The van der Waals surface area contributed by atoms with Crippen LogP contribution in [0.4, 0.5) is 0 Å². The molecule has 1 aromatic rings. The highest BCUT2D eigenvalue weighted by Crippen LogP contribution is 2.21. The van der Waals surface area contributed by atoms with Gasteiger partial charge >= 0.3 is 0 Å². The average molecular weight is 298 g/mol. The van der Waals surface area contributed by atoms with E-state index in [1.807, 2.05) is 12.1 Å². The van der Waals surface area contributed by atoms with Crippen LogP contribution in [0.5, 0.6) is 0 Å². The summed E-state index contributed by atoms with van der Waals surface area (Å²) in [6.45, 7) is 6.41. The molecule has 1 unspecified atom stereocenters. The van der Waals surface area contributed by atoms with Crippen LogP contribution in [-0.4, -0.2) is 18.6 Å². The van der Waals surface area contributed by atoms with Crippen LogP contribution in [0.1, 0.15) is 25.5 Å². The molecule has 1 aliphatic heterocycles. The molecule has 1 aliphatic rings. The molecule has 1 saturated heterocycles. The van der Waals surface area contributed by atoms with E-state index in [2.05, 4.69) is 36.6 Å². The summed E-state index contributed by atoms with van der Waals surface area (Å²) in [6, 6.07) is 8.44. The second kappa shape index (κ2) is 6.81. The maximum Gasteiger partial charge on any atom is 0.0451 e. The largest absolute Gasteiger partial charge is 0.313 e. The van der Waals surface area contributed by atoms with Gasteiger partial charge in [0.1, 0.15) is 0 Å². The van der Waals surface area contributed by atoms with Crippen molar-refractivity contribution < 1.29 is 0 Å². The Morgan fingerprint density at radius 1 is 1.18 bits per heavy atom. The maximum atomic E-state index is 5.87. The summed E-state index contributed by atoms with van der Waals surface area (Å²) in [5, 5.41) is 7.86. The number of hydrogen-bond donors (Lipinski definition) is 2. The molecule has 0 aromatic heterocycles. The van der Waals surface area contributed by atoms with Gasteiger partial charge in [-0.2, -0.15) is 0 Å². The van der Waals surface area contributed by atoms with E-state index in [0.29, 0.717) is 6.04 Å². The fraction of sp³-hybridized carbons (Fsp3) is 0.500. The van der Waals surface area contributed by atoms with Crippen LogP contribution >= 0.6 is 36.4 Å². The van der Waals surface area contributed by atoms with E-state index in [4.69, 9.17) is 11.6 Å². The number of nitrogens with one attached hydrogen (secondary N) is 2. The summed E-state index contributed by atoms with van der Waals surface area (Å²) in [4.78, 5) is 0. The molecule has 1 heterocycles. The molecule has 0 aliphatic carbocycles. The molecule has 0 bridgehead atoms. The van der Waals surface area contributed by atoms with Crippen LogP contribution in [0.25, 0.3) is 0 Å². The van der Waals surface area contributed by atoms with Gasteiger partial charge in [-0.1, -0.05) is 23.7 Å². The zero-order valence-corrected chi connectivity index (χ0v) is 12.4. The molecule has 2 N–H and O–H groups in total. The van der Waals surface area contributed by atoms with Crippen LogP contribution in [0.15, 0.2) is 24.3 Å². The highest BCUT2D eigenvalue weighted by atomic mass is 35.5. The predicted octanol–water partition coefficient (Wildman–Crippen LogP) is 3.20. The van der Waals surface area contributed by atoms with Gasteiger partial charge in [0, 0.05) is 29.7 Å². The molecule has 0 spiro atoms. The Balaban J connectivity index is 0.00000128. The average Bonchev–Trinajstić information content (AvgIpc) is 2.17. The quantitative estimate of drug-likeness (QED) is 0.832. The lowest BCUT2D eigenvalue weighted by atomic mass is 9.96. The molecule has 1 aromatic carbocycles. The molecule has 1 atom stereocenters. The summed E-state index contributed by atoms with van der Waals surface area (Å²) >= 11 is 5.87. The molecule has 5 heteroatoms. The van der Waals surface area contributed by atoms with Crippen molar-refractivity contribution in [3.8, 4) is 0 Å². The fourth-order valence-corrected chi connectivity index (χ4v) is 2.12.